The predicted octanol–water partition coefficient (Wildman–Crippen LogP) is 1.38. The smallest absolute Gasteiger partial charge is 0.331 e. The van der Waals surface area contributed by atoms with Gasteiger partial charge in [0, 0.05) is 6.04 Å². The van der Waals surface area contributed by atoms with Crippen LogP contribution in [0.4, 0.5) is 4.39 Å². The quantitative estimate of drug-likeness (QED) is 0.839. The van der Waals surface area contributed by atoms with Gasteiger partial charge in [0.05, 0.1) is 0 Å². The lowest BCUT2D eigenvalue weighted by atomic mass is 9.93. The summed E-state index contributed by atoms with van der Waals surface area (Å²) in [5.74, 6) is -1.51. The monoisotopic (exact) mass is 256 g/mol. The molecule has 1 aliphatic rings. The third-order valence-electron chi connectivity index (χ3n) is 4.10. The Morgan fingerprint density at radius 1 is 1.44 bits per heavy atom. The van der Waals surface area contributed by atoms with E-state index < -0.39 is 22.9 Å². The lowest BCUT2D eigenvalue weighted by Crippen LogP contribution is -2.35. The van der Waals surface area contributed by atoms with Crippen molar-refractivity contribution in [1.29, 1.82) is 0 Å². The van der Waals surface area contributed by atoms with Crippen LogP contribution in [0.1, 0.15) is 39.2 Å². The number of aromatic nitrogens is 2. The highest BCUT2D eigenvalue weighted by atomic mass is 19.1. The van der Waals surface area contributed by atoms with Crippen LogP contribution in [0.2, 0.25) is 0 Å². The third kappa shape index (κ3) is 1.85. The van der Waals surface area contributed by atoms with Crippen molar-refractivity contribution in [3.8, 4) is 5.88 Å². The molecule has 100 valence electrons. The molecule has 0 bridgehead atoms. The molecule has 6 heteroatoms. The maximum Gasteiger partial charge on any atom is 0.331 e. The second-order valence-corrected chi connectivity index (χ2v) is 4.94. The maximum atomic E-state index is 13.4. The number of hydrogen-bond acceptors (Lipinski definition) is 3. The molecule has 1 aromatic heterocycles. The van der Waals surface area contributed by atoms with Gasteiger partial charge in [-0.25, -0.2) is 4.79 Å². The molecular weight excluding hydrogens is 239 g/mol. The Morgan fingerprint density at radius 3 is 2.67 bits per heavy atom. The standard InChI is InChI=1S/C12H17FN2O3/c1-3-7-4-5-8(6(7)2)15-11(17)9(13)10(16)14-12(15)18/h6-8,17H,3-5H2,1-2H3,(H,14,16,18). The minimum absolute atomic E-state index is 0.170. The highest BCUT2D eigenvalue weighted by Gasteiger charge is 2.35. The summed E-state index contributed by atoms with van der Waals surface area (Å²) in [6.07, 6.45) is 2.63. The van der Waals surface area contributed by atoms with Crippen molar-refractivity contribution in [1.82, 2.24) is 9.55 Å². The minimum Gasteiger partial charge on any atom is -0.492 e. The topological polar surface area (TPSA) is 75.1 Å². The molecule has 1 saturated carbocycles. The Labute approximate surface area is 103 Å². The SMILES string of the molecule is CCC1CCC(n2c(O)c(F)c(=O)[nH]c2=O)C1C. The number of rotatable bonds is 2. The van der Waals surface area contributed by atoms with Gasteiger partial charge in [0.25, 0.3) is 5.56 Å². The van der Waals surface area contributed by atoms with Gasteiger partial charge >= 0.3 is 5.69 Å². The van der Waals surface area contributed by atoms with E-state index in [4.69, 9.17) is 0 Å². The Hall–Kier alpha value is -1.59. The second kappa shape index (κ2) is 4.59. The molecule has 0 saturated heterocycles. The molecule has 18 heavy (non-hydrogen) atoms. The van der Waals surface area contributed by atoms with E-state index in [9.17, 15) is 19.1 Å². The molecule has 1 fully saturated rings. The van der Waals surface area contributed by atoms with E-state index in [2.05, 4.69) is 6.92 Å². The van der Waals surface area contributed by atoms with Crippen LogP contribution in [0, 0.1) is 17.7 Å². The molecule has 5 nitrogen and oxygen atoms in total. The zero-order chi connectivity index (χ0) is 13.4. The van der Waals surface area contributed by atoms with Gasteiger partial charge < -0.3 is 5.11 Å². The van der Waals surface area contributed by atoms with Gasteiger partial charge in [-0.15, -0.1) is 0 Å². The molecule has 0 aromatic carbocycles. The summed E-state index contributed by atoms with van der Waals surface area (Å²) in [5.41, 5.74) is -1.92. The average Bonchev–Trinajstić information content (AvgIpc) is 2.68. The lowest BCUT2D eigenvalue weighted by Gasteiger charge is -2.22. The Kier molecular flexibility index (Phi) is 3.28. The van der Waals surface area contributed by atoms with Crippen molar-refractivity contribution in [3.05, 3.63) is 26.7 Å². The fraction of sp³-hybridized carbons (Fsp3) is 0.667. The molecular formula is C12H17FN2O3. The highest BCUT2D eigenvalue weighted by Crippen LogP contribution is 2.42. The third-order valence-corrected chi connectivity index (χ3v) is 4.10. The number of nitrogens with zero attached hydrogens (tertiary/aromatic N) is 1. The number of halogens is 1. The first-order valence-electron chi connectivity index (χ1n) is 6.20. The van der Waals surface area contributed by atoms with Crippen molar-refractivity contribution < 1.29 is 9.50 Å². The largest absolute Gasteiger partial charge is 0.492 e. The van der Waals surface area contributed by atoms with Gasteiger partial charge in [0.15, 0.2) is 0 Å². The van der Waals surface area contributed by atoms with Crippen LogP contribution >= 0.6 is 0 Å². The van der Waals surface area contributed by atoms with E-state index >= 15 is 0 Å². The number of hydrogen-bond donors (Lipinski definition) is 2. The number of aromatic amines is 1. The van der Waals surface area contributed by atoms with Gasteiger partial charge in [-0.1, -0.05) is 20.3 Å². The van der Waals surface area contributed by atoms with Crippen LogP contribution in [0.15, 0.2) is 9.59 Å². The summed E-state index contributed by atoms with van der Waals surface area (Å²) in [5, 5.41) is 9.66. The molecule has 0 radical (unpaired) electrons. The van der Waals surface area contributed by atoms with E-state index in [1.54, 1.807) is 0 Å². The Bertz CT molecular complexity index is 563. The minimum atomic E-state index is -1.29. The Balaban J connectivity index is 2.50. The summed E-state index contributed by atoms with van der Waals surface area (Å²) >= 11 is 0. The second-order valence-electron chi connectivity index (χ2n) is 4.94. The number of H-pyrrole nitrogens is 1. The van der Waals surface area contributed by atoms with E-state index in [0.717, 1.165) is 17.4 Å². The van der Waals surface area contributed by atoms with Crippen molar-refractivity contribution in [2.24, 2.45) is 11.8 Å². The molecule has 1 heterocycles. The van der Waals surface area contributed by atoms with Gasteiger partial charge in [-0.2, -0.15) is 4.39 Å². The average molecular weight is 256 g/mol. The fourth-order valence-electron chi connectivity index (χ4n) is 2.99. The van der Waals surface area contributed by atoms with Crippen LogP contribution in [-0.4, -0.2) is 14.7 Å². The molecule has 1 aliphatic carbocycles. The first-order chi connectivity index (χ1) is 8.47. The van der Waals surface area contributed by atoms with Gasteiger partial charge in [-0.05, 0) is 24.7 Å². The first kappa shape index (κ1) is 12.9. The lowest BCUT2D eigenvalue weighted by molar-refractivity contribution is 0.276. The zero-order valence-corrected chi connectivity index (χ0v) is 10.4. The molecule has 3 atom stereocenters. The summed E-state index contributed by atoms with van der Waals surface area (Å²) in [7, 11) is 0. The normalized spacial score (nSPS) is 27.6. The molecule has 0 aliphatic heterocycles. The van der Waals surface area contributed by atoms with E-state index in [0.29, 0.717) is 12.3 Å². The van der Waals surface area contributed by atoms with Crippen molar-refractivity contribution in [2.75, 3.05) is 0 Å². The Morgan fingerprint density at radius 2 is 2.11 bits per heavy atom. The van der Waals surface area contributed by atoms with E-state index in [1.165, 1.54) is 0 Å². The van der Waals surface area contributed by atoms with Gasteiger partial charge in [0.2, 0.25) is 11.7 Å². The predicted molar refractivity (Wildman–Crippen MR) is 64.2 cm³/mol. The van der Waals surface area contributed by atoms with Crippen LogP contribution in [0.25, 0.3) is 0 Å². The molecule has 2 rings (SSSR count). The fourth-order valence-corrected chi connectivity index (χ4v) is 2.99. The van der Waals surface area contributed by atoms with Gasteiger partial charge in [-0.3, -0.25) is 14.3 Å². The van der Waals surface area contributed by atoms with Crippen LogP contribution in [-0.2, 0) is 0 Å². The molecule has 0 amide bonds. The summed E-state index contributed by atoms with van der Waals surface area (Å²) in [6.45, 7) is 4.06. The molecule has 3 unspecified atom stereocenters. The maximum absolute atomic E-state index is 13.4. The van der Waals surface area contributed by atoms with Gasteiger partial charge in [0.1, 0.15) is 0 Å². The van der Waals surface area contributed by atoms with Crippen molar-refractivity contribution in [2.45, 2.75) is 39.2 Å². The molecule has 2 N–H and O–H groups in total. The van der Waals surface area contributed by atoms with Crippen molar-refractivity contribution >= 4 is 0 Å². The van der Waals surface area contributed by atoms with E-state index in [-0.39, 0.29) is 12.0 Å². The van der Waals surface area contributed by atoms with Crippen molar-refractivity contribution in [3.63, 3.8) is 0 Å². The molecule has 1 aromatic rings. The van der Waals surface area contributed by atoms with Crippen LogP contribution in [0.5, 0.6) is 5.88 Å². The summed E-state index contributed by atoms with van der Waals surface area (Å²) < 4.78 is 14.4. The first-order valence-corrected chi connectivity index (χ1v) is 6.20. The zero-order valence-electron chi connectivity index (χ0n) is 10.4. The van der Waals surface area contributed by atoms with Crippen LogP contribution in [0.3, 0.4) is 0 Å². The highest BCUT2D eigenvalue weighted by molar-refractivity contribution is 5.12. The summed E-state index contributed by atoms with van der Waals surface area (Å²) in [4.78, 5) is 24.6. The van der Waals surface area contributed by atoms with Crippen LogP contribution < -0.4 is 11.2 Å². The molecule has 0 spiro atoms. The summed E-state index contributed by atoms with van der Waals surface area (Å²) in [6, 6.07) is -0.256. The number of nitrogens with one attached hydrogen (secondary N) is 1. The van der Waals surface area contributed by atoms with E-state index in [1.807, 2.05) is 11.9 Å². The number of aromatic hydroxyl groups is 1.